The number of thioether (sulfide) groups is 1. The summed E-state index contributed by atoms with van der Waals surface area (Å²) in [6, 6.07) is -0.491. The maximum atomic E-state index is 12.9. The Morgan fingerprint density at radius 2 is 1.76 bits per heavy atom. The predicted molar refractivity (Wildman–Crippen MR) is 108 cm³/mol. The fourth-order valence-electron chi connectivity index (χ4n) is 2.27. The summed E-state index contributed by atoms with van der Waals surface area (Å²) in [5.74, 6) is 1.32. The largest absolute Gasteiger partial charge is 0.344 e. The third-order valence-electron chi connectivity index (χ3n) is 3.59. The molecule has 146 valence electrons. The van der Waals surface area contributed by atoms with Gasteiger partial charge >= 0.3 is 0 Å². The van der Waals surface area contributed by atoms with Crippen molar-refractivity contribution in [3.63, 3.8) is 0 Å². The number of carbonyl (C=O) groups excluding carboxylic acids is 2. The van der Waals surface area contributed by atoms with E-state index in [9.17, 15) is 9.59 Å². The summed E-state index contributed by atoms with van der Waals surface area (Å²) in [5.41, 5.74) is 11.2. The molecule has 0 fully saturated rings. The zero-order chi connectivity index (χ0) is 18.9. The molecule has 0 heterocycles. The van der Waals surface area contributed by atoms with Crippen LogP contribution >= 0.6 is 11.8 Å². The van der Waals surface area contributed by atoms with Crippen LogP contribution in [-0.2, 0) is 9.59 Å². The summed E-state index contributed by atoms with van der Waals surface area (Å²) in [4.78, 5) is 26.7. The number of nitrogens with two attached hydrogens (primary N) is 2. The highest BCUT2D eigenvalue weighted by Gasteiger charge is 2.25. The van der Waals surface area contributed by atoms with Gasteiger partial charge in [-0.25, -0.2) is 0 Å². The van der Waals surface area contributed by atoms with E-state index >= 15 is 0 Å². The van der Waals surface area contributed by atoms with Crippen LogP contribution < -0.4 is 16.8 Å². The van der Waals surface area contributed by atoms with Gasteiger partial charge in [-0.2, -0.15) is 11.8 Å². The highest BCUT2D eigenvalue weighted by Crippen LogP contribution is 2.09. The summed E-state index contributed by atoms with van der Waals surface area (Å²) in [5, 5.41) is 2.90. The maximum absolute atomic E-state index is 12.9. The first-order valence-electron chi connectivity index (χ1n) is 9.31. The lowest BCUT2D eigenvalue weighted by molar-refractivity contribution is -0.136. The van der Waals surface area contributed by atoms with E-state index in [1.165, 1.54) is 0 Å². The Morgan fingerprint density at radius 1 is 1.12 bits per heavy atom. The minimum Gasteiger partial charge on any atom is -0.344 e. The van der Waals surface area contributed by atoms with Gasteiger partial charge in [-0.05, 0) is 38.8 Å². The molecule has 0 spiro atoms. The minimum atomic E-state index is -0.491. The number of hydrogen-bond donors (Lipinski definition) is 3. The van der Waals surface area contributed by atoms with Crippen LogP contribution in [0.15, 0.2) is 12.2 Å². The summed E-state index contributed by atoms with van der Waals surface area (Å²) in [7, 11) is 0. The van der Waals surface area contributed by atoms with Crippen LogP contribution in [0.1, 0.15) is 46.0 Å². The molecule has 6 nitrogen and oxygen atoms in total. The van der Waals surface area contributed by atoms with Crippen molar-refractivity contribution < 1.29 is 9.59 Å². The second-order valence-electron chi connectivity index (χ2n) is 5.90. The SMILES string of the molecule is CC/C=C\CSC[C@@H](NC(=O)CCC)C(=O)N(CCCN)CCCN. The molecule has 2 amide bonds. The molecule has 0 aromatic heterocycles. The van der Waals surface area contributed by atoms with Crippen LogP contribution in [0.4, 0.5) is 0 Å². The lowest BCUT2D eigenvalue weighted by Crippen LogP contribution is -2.50. The quantitative estimate of drug-likeness (QED) is 0.299. The lowest BCUT2D eigenvalue weighted by atomic mass is 10.2. The maximum Gasteiger partial charge on any atom is 0.246 e. The van der Waals surface area contributed by atoms with Gasteiger partial charge in [0.05, 0.1) is 0 Å². The fraction of sp³-hybridized carbons (Fsp3) is 0.778. The Hall–Kier alpha value is -1.05. The highest BCUT2D eigenvalue weighted by molar-refractivity contribution is 7.99. The van der Waals surface area contributed by atoms with Gasteiger partial charge in [0.15, 0.2) is 0 Å². The van der Waals surface area contributed by atoms with E-state index in [0.717, 1.165) is 31.4 Å². The molecule has 0 saturated heterocycles. The predicted octanol–water partition coefficient (Wildman–Crippen LogP) is 1.50. The number of carbonyl (C=O) groups is 2. The van der Waals surface area contributed by atoms with Crippen molar-refractivity contribution in [2.45, 2.75) is 52.0 Å². The molecule has 0 aliphatic carbocycles. The molecule has 0 bridgehead atoms. The van der Waals surface area contributed by atoms with Crippen LogP contribution in [0.2, 0.25) is 0 Å². The van der Waals surface area contributed by atoms with Gasteiger partial charge in [0.1, 0.15) is 6.04 Å². The zero-order valence-electron chi connectivity index (χ0n) is 15.8. The first-order valence-corrected chi connectivity index (χ1v) is 10.5. The third-order valence-corrected chi connectivity index (χ3v) is 4.58. The van der Waals surface area contributed by atoms with Crippen molar-refractivity contribution in [1.82, 2.24) is 10.2 Å². The van der Waals surface area contributed by atoms with E-state index in [0.29, 0.717) is 38.4 Å². The molecule has 5 N–H and O–H groups in total. The first kappa shape index (κ1) is 23.9. The summed E-state index contributed by atoms with van der Waals surface area (Å²) >= 11 is 1.66. The molecule has 0 aliphatic heterocycles. The summed E-state index contributed by atoms with van der Waals surface area (Å²) in [6.07, 6.45) is 7.91. The molecule has 0 saturated carbocycles. The number of allylic oxidation sites excluding steroid dienone is 1. The summed E-state index contributed by atoms with van der Waals surface area (Å²) < 4.78 is 0. The van der Waals surface area contributed by atoms with E-state index in [-0.39, 0.29) is 11.8 Å². The Balaban J connectivity index is 4.85. The molecule has 0 aliphatic rings. The van der Waals surface area contributed by atoms with Crippen LogP contribution in [0.3, 0.4) is 0 Å². The number of amides is 2. The molecular weight excluding hydrogens is 336 g/mol. The third kappa shape index (κ3) is 12.0. The van der Waals surface area contributed by atoms with Crippen LogP contribution in [-0.4, -0.2) is 60.4 Å². The highest BCUT2D eigenvalue weighted by atomic mass is 32.2. The van der Waals surface area contributed by atoms with Crippen molar-refractivity contribution >= 4 is 23.6 Å². The van der Waals surface area contributed by atoms with E-state index in [4.69, 9.17) is 11.5 Å². The normalized spacial score (nSPS) is 12.3. The summed E-state index contributed by atoms with van der Waals surface area (Å²) in [6.45, 7) is 6.33. The molecule has 0 aromatic rings. The van der Waals surface area contributed by atoms with Gasteiger partial charge < -0.3 is 21.7 Å². The Kier molecular flexibility index (Phi) is 15.7. The van der Waals surface area contributed by atoms with Crippen molar-refractivity contribution in [3.8, 4) is 0 Å². The van der Waals surface area contributed by atoms with Gasteiger partial charge in [-0.1, -0.05) is 26.0 Å². The van der Waals surface area contributed by atoms with E-state index in [2.05, 4.69) is 24.4 Å². The molecule has 0 aromatic carbocycles. The minimum absolute atomic E-state index is 0.0293. The van der Waals surface area contributed by atoms with E-state index in [1.807, 2.05) is 6.92 Å². The van der Waals surface area contributed by atoms with E-state index < -0.39 is 6.04 Å². The van der Waals surface area contributed by atoms with Crippen molar-refractivity contribution in [3.05, 3.63) is 12.2 Å². The second kappa shape index (κ2) is 16.4. The number of hydrogen-bond acceptors (Lipinski definition) is 5. The fourth-order valence-corrected chi connectivity index (χ4v) is 3.14. The molecule has 25 heavy (non-hydrogen) atoms. The Morgan fingerprint density at radius 3 is 2.28 bits per heavy atom. The molecule has 1 atom stereocenters. The first-order chi connectivity index (χ1) is 12.1. The molecule has 0 rings (SSSR count). The van der Waals surface area contributed by atoms with Crippen molar-refractivity contribution in [2.24, 2.45) is 11.5 Å². The Bertz CT molecular complexity index is 383. The molecule has 0 radical (unpaired) electrons. The standard InChI is InChI=1S/C18H36N4O2S/c1-3-5-6-14-25-15-16(21-17(23)9-4-2)18(24)22(12-7-10-19)13-8-11-20/h5-6,16H,3-4,7-15,19-20H2,1-2H3,(H,21,23)/b6-5-/t16-/m1/s1. The van der Waals surface area contributed by atoms with Gasteiger partial charge in [0.2, 0.25) is 11.8 Å². The average molecular weight is 373 g/mol. The van der Waals surface area contributed by atoms with Crippen LogP contribution in [0.25, 0.3) is 0 Å². The molecular formula is C18H36N4O2S. The van der Waals surface area contributed by atoms with Crippen molar-refractivity contribution in [1.29, 1.82) is 0 Å². The number of nitrogens with zero attached hydrogens (tertiary/aromatic N) is 1. The topological polar surface area (TPSA) is 101 Å². The van der Waals surface area contributed by atoms with Gasteiger partial charge in [-0.15, -0.1) is 0 Å². The van der Waals surface area contributed by atoms with Gasteiger partial charge in [0.25, 0.3) is 0 Å². The molecule has 0 unspecified atom stereocenters. The number of nitrogens with one attached hydrogen (secondary N) is 1. The molecule has 7 heteroatoms. The monoisotopic (exact) mass is 372 g/mol. The lowest BCUT2D eigenvalue weighted by Gasteiger charge is -2.28. The zero-order valence-corrected chi connectivity index (χ0v) is 16.7. The second-order valence-corrected chi connectivity index (χ2v) is 6.97. The van der Waals surface area contributed by atoms with Gasteiger partial charge in [-0.3, -0.25) is 9.59 Å². The van der Waals surface area contributed by atoms with E-state index in [1.54, 1.807) is 16.7 Å². The Labute approximate surface area is 157 Å². The van der Waals surface area contributed by atoms with Crippen LogP contribution in [0, 0.1) is 0 Å². The van der Waals surface area contributed by atoms with Crippen molar-refractivity contribution in [2.75, 3.05) is 37.7 Å². The number of rotatable bonds is 15. The van der Waals surface area contributed by atoms with Gasteiger partial charge in [0, 0.05) is 31.0 Å². The average Bonchev–Trinajstić information content (AvgIpc) is 2.60. The smallest absolute Gasteiger partial charge is 0.246 e. The van der Waals surface area contributed by atoms with Crippen LogP contribution in [0.5, 0.6) is 0 Å².